The van der Waals surface area contributed by atoms with Crippen molar-refractivity contribution >= 4 is 11.6 Å². The van der Waals surface area contributed by atoms with E-state index in [1.54, 1.807) is 0 Å². The fourth-order valence-electron chi connectivity index (χ4n) is 3.93. The first-order valence-corrected chi connectivity index (χ1v) is 10.8. The Bertz CT molecular complexity index is 1170. The molecule has 1 amide bonds. The van der Waals surface area contributed by atoms with E-state index in [-0.39, 0.29) is 5.91 Å². The van der Waals surface area contributed by atoms with Crippen molar-refractivity contribution in [2.45, 2.75) is 39.5 Å². The summed E-state index contributed by atoms with van der Waals surface area (Å²) < 4.78 is 1.89. The Kier molecular flexibility index (Phi) is 6.41. The summed E-state index contributed by atoms with van der Waals surface area (Å²) in [7, 11) is 0. The van der Waals surface area contributed by atoms with Gasteiger partial charge in [-0.25, -0.2) is 9.50 Å². The third-order valence-corrected chi connectivity index (χ3v) is 5.64. The second-order valence-electron chi connectivity index (χ2n) is 7.87. The van der Waals surface area contributed by atoms with E-state index in [0.29, 0.717) is 19.4 Å². The predicted molar refractivity (Wildman–Crippen MR) is 124 cm³/mol. The average molecular weight is 413 g/mol. The molecule has 158 valence electrons. The molecule has 5 heteroatoms. The third kappa shape index (κ3) is 5.00. The fourth-order valence-corrected chi connectivity index (χ4v) is 3.93. The van der Waals surface area contributed by atoms with Crippen molar-refractivity contribution in [1.29, 1.82) is 0 Å². The first-order valence-electron chi connectivity index (χ1n) is 10.8. The number of amides is 1. The lowest BCUT2D eigenvalue weighted by molar-refractivity contribution is -0.121. The van der Waals surface area contributed by atoms with E-state index in [1.807, 2.05) is 66.0 Å². The van der Waals surface area contributed by atoms with Gasteiger partial charge in [-0.15, -0.1) is 0 Å². The lowest BCUT2D eigenvalue weighted by Crippen LogP contribution is -2.25. The zero-order chi connectivity index (χ0) is 21.6. The van der Waals surface area contributed by atoms with Crippen LogP contribution in [-0.4, -0.2) is 27.0 Å². The molecule has 0 radical (unpaired) electrons. The number of aryl methyl sites for hydroxylation is 3. The van der Waals surface area contributed by atoms with E-state index >= 15 is 0 Å². The van der Waals surface area contributed by atoms with Crippen LogP contribution in [0.5, 0.6) is 0 Å². The first kappa shape index (κ1) is 20.8. The number of nitrogens with zero attached hydrogens (tertiary/aromatic N) is 3. The van der Waals surface area contributed by atoms with Gasteiger partial charge in [0.25, 0.3) is 0 Å². The molecule has 4 rings (SSSR count). The van der Waals surface area contributed by atoms with Crippen LogP contribution in [0.15, 0.2) is 66.7 Å². The maximum atomic E-state index is 12.3. The van der Waals surface area contributed by atoms with Crippen molar-refractivity contribution in [3.63, 3.8) is 0 Å². The van der Waals surface area contributed by atoms with Gasteiger partial charge in [-0.3, -0.25) is 4.79 Å². The van der Waals surface area contributed by atoms with E-state index in [1.165, 1.54) is 5.56 Å². The van der Waals surface area contributed by atoms with Crippen molar-refractivity contribution in [2.75, 3.05) is 6.54 Å². The van der Waals surface area contributed by atoms with Crippen molar-refractivity contribution in [2.24, 2.45) is 0 Å². The van der Waals surface area contributed by atoms with Gasteiger partial charge in [0, 0.05) is 36.0 Å². The van der Waals surface area contributed by atoms with Crippen LogP contribution in [0.4, 0.5) is 0 Å². The molecule has 0 aliphatic heterocycles. The predicted octanol–water partition coefficient (Wildman–Crippen LogP) is 4.69. The number of carbonyl (C=O) groups excluding carboxylic acids is 1. The number of rotatable bonds is 8. The summed E-state index contributed by atoms with van der Waals surface area (Å²) in [6.07, 6.45) is 3.03. The lowest BCUT2D eigenvalue weighted by Gasteiger charge is -2.11. The lowest BCUT2D eigenvalue weighted by atomic mass is 10.1. The van der Waals surface area contributed by atoms with Crippen LogP contribution >= 0.6 is 0 Å². The SMILES string of the molecule is Cc1nc2cc(-c3ccccc3)nn2c(C)c1CCC(=O)NCCCc1ccccc1. The van der Waals surface area contributed by atoms with E-state index in [0.717, 1.165) is 46.7 Å². The highest BCUT2D eigenvalue weighted by Crippen LogP contribution is 2.22. The molecule has 0 fully saturated rings. The van der Waals surface area contributed by atoms with E-state index in [4.69, 9.17) is 10.1 Å². The maximum absolute atomic E-state index is 12.3. The second kappa shape index (κ2) is 9.56. The van der Waals surface area contributed by atoms with Crippen molar-refractivity contribution < 1.29 is 4.79 Å². The standard InChI is InChI=1S/C26H28N4O/c1-19-23(15-16-26(31)27-17-9-12-21-10-5-3-6-11-21)20(2)30-25(28-19)18-24(29-30)22-13-7-4-8-14-22/h3-8,10-11,13-14,18H,9,12,15-17H2,1-2H3,(H,27,31). The summed E-state index contributed by atoms with van der Waals surface area (Å²) in [6, 6.07) is 22.5. The highest BCUT2D eigenvalue weighted by Gasteiger charge is 2.14. The van der Waals surface area contributed by atoms with Crippen LogP contribution in [0.25, 0.3) is 16.9 Å². The van der Waals surface area contributed by atoms with Crippen molar-refractivity contribution in [1.82, 2.24) is 19.9 Å². The Labute approximate surface area is 183 Å². The first-order chi connectivity index (χ1) is 15.1. The minimum atomic E-state index is 0.0809. The molecule has 5 nitrogen and oxygen atoms in total. The molecule has 31 heavy (non-hydrogen) atoms. The van der Waals surface area contributed by atoms with Crippen LogP contribution in [-0.2, 0) is 17.6 Å². The number of nitrogens with one attached hydrogen (secondary N) is 1. The number of fused-ring (bicyclic) bond motifs is 1. The molecular formula is C26H28N4O. The number of hydrogen-bond donors (Lipinski definition) is 1. The summed E-state index contributed by atoms with van der Waals surface area (Å²) >= 11 is 0. The molecule has 2 heterocycles. The minimum Gasteiger partial charge on any atom is -0.356 e. The van der Waals surface area contributed by atoms with Crippen LogP contribution in [0.3, 0.4) is 0 Å². The fraction of sp³-hybridized carbons (Fsp3) is 0.269. The molecule has 0 saturated heterocycles. The summed E-state index contributed by atoms with van der Waals surface area (Å²) in [6.45, 7) is 4.76. The topological polar surface area (TPSA) is 59.3 Å². The van der Waals surface area contributed by atoms with E-state index in [9.17, 15) is 4.79 Å². The van der Waals surface area contributed by atoms with Gasteiger partial charge in [-0.1, -0.05) is 60.7 Å². The van der Waals surface area contributed by atoms with Gasteiger partial charge in [-0.2, -0.15) is 5.10 Å². The number of benzene rings is 2. The number of hydrogen-bond acceptors (Lipinski definition) is 3. The summed E-state index contributed by atoms with van der Waals surface area (Å²) in [5.74, 6) is 0.0809. The van der Waals surface area contributed by atoms with Crippen LogP contribution in [0, 0.1) is 13.8 Å². The summed E-state index contributed by atoms with van der Waals surface area (Å²) in [5.41, 5.74) is 7.21. The monoisotopic (exact) mass is 412 g/mol. The van der Waals surface area contributed by atoms with Gasteiger partial charge >= 0.3 is 0 Å². The van der Waals surface area contributed by atoms with E-state index in [2.05, 4.69) is 24.4 Å². The highest BCUT2D eigenvalue weighted by molar-refractivity contribution is 5.76. The number of carbonyl (C=O) groups is 1. The molecular weight excluding hydrogens is 384 g/mol. The zero-order valence-electron chi connectivity index (χ0n) is 18.1. The van der Waals surface area contributed by atoms with Gasteiger partial charge in [0.15, 0.2) is 5.65 Å². The highest BCUT2D eigenvalue weighted by atomic mass is 16.1. The van der Waals surface area contributed by atoms with Crippen molar-refractivity contribution in [3.05, 3.63) is 89.2 Å². The third-order valence-electron chi connectivity index (χ3n) is 5.64. The van der Waals surface area contributed by atoms with Gasteiger partial charge < -0.3 is 5.32 Å². The molecule has 4 aromatic rings. The molecule has 0 unspecified atom stereocenters. The molecule has 0 spiro atoms. The molecule has 0 aliphatic rings. The largest absolute Gasteiger partial charge is 0.356 e. The Hall–Kier alpha value is -3.47. The zero-order valence-corrected chi connectivity index (χ0v) is 18.1. The molecule has 0 saturated carbocycles. The molecule has 1 N–H and O–H groups in total. The smallest absolute Gasteiger partial charge is 0.220 e. The molecule has 2 aromatic carbocycles. The number of aromatic nitrogens is 3. The van der Waals surface area contributed by atoms with Crippen molar-refractivity contribution in [3.8, 4) is 11.3 Å². The summed E-state index contributed by atoms with van der Waals surface area (Å²) in [5, 5.41) is 7.80. The minimum absolute atomic E-state index is 0.0809. The molecule has 0 bridgehead atoms. The Morgan fingerprint density at radius 3 is 2.42 bits per heavy atom. The molecule has 0 atom stereocenters. The quantitative estimate of drug-likeness (QED) is 0.427. The molecule has 0 aliphatic carbocycles. The van der Waals surface area contributed by atoms with Gasteiger partial charge in [0.1, 0.15) is 0 Å². The maximum Gasteiger partial charge on any atom is 0.220 e. The Morgan fingerprint density at radius 2 is 1.68 bits per heavy atom. The molecule has 2 aromatic heterocycles. The van der Waals surface area contributed by atoms with Crippen LogP contribution in [0.1, 0.15) is 35.4 Å². The Balaban J connectivity index is 1.37. The Morgan fingerprint density at radius 1 is 0.968 bits per heavy atom. The second-order valence-corrected chi connectivity index (χ2v) is 7.87. The average Bonchev–Trinajstić information content (AvgIpc) is 3.22. The van der Waals surface area contributed by atoms with Crippen LogP contribution < -0.4 is 5.32 Å². The summed E-state index contributed by atoms with van der Waals surface area (Å²) in [4.78, 5) is 17.1. The normalized spacial score (nSPS) is 11.0. The van der Waals surface area contributed by atoms with E-state index < -0.39 is 0 Å². The van der Waals surface area contributed by atoms with Crippen LogP contribution in [0.2, 0.25) is 0 Å². The van der Waals surface area contributed by atoms with Gasteiger partial charge in [0.2, 0.25) is 5.91 Å². The van der Waals surface area contributed by atoms with Gasteiger partial charge in [-0.05, 0) is 44.2 Å². The van der Waals surface area contributed by atoms with Gasteiger partial charge in [0.05, 0.1) is 5.69 Å².